The van der Waals surface area contributed by atoms with Gasteiger partial charge in [0.1, 0.15) is 0 Å². The molecule has 0 unspecified atom stereocenters. The van der Waals surface area contributed by atoms with Crippen LogP contribution < -0.4 is 5.32 Å². The Bertz CT molecular complexity index is 882. The standard InChI is InChI=1S/C17H20N6O2/c1-10-8-13-14(11(2)25-10)21-22-15(13)16(24)18-6-4-12-9-23-7-3-5-19-17(23)20-12/h3,5,7,9-11H,4,6,8H2,1-2H3,(H,18,24)(H,21,22)/t10-,11+/m1/s1. The second-order valence-electron chi connectivity index (χ2n) is 6.32. The maximum absolute atomic E-state index is 12.5. The summed E-state index contributed by atoms with van der Waals surface area (Å²) in [5.74, 6) is 0.494. The van der Waals surface area contributed by atoms with Crippen LogP contribution in [0.2, 0.25) is 0 Å². The van der Waals surface area contributed by atoms with Crippen LogP contribution in [0.5, 0.6) is 0 Å². The third-order valence-electron chi connectivity index (χ3n) is 4.40. The number of carbonyl (C=O) groups is 1. The molecule has 130 valence electrons. The van der Waals surface area contributed by atoms with Gasteiger partial charge in [-0.3, -0.25) is 14.3 Å². The quantitative estimate of drug-likeness (QED) is 0.749. The van der Waals surface area contributed by atoms with Gasteiger partial charge in [0.05, 0.1) is 23.6 Å². The predicted octanol–water partition coefficient (Wildman–Crippen LogP) is 1.45. The van der Waals surface area contributed by atoms with Gasteiger partial charge in [-0.1, -0.05) is 0 Å². The highest BCUT2D eigenvalue weighted by molar-refractivity contribution is 5.94. The molecule has 1 amide bonds. The number of hydrogen-bond acceptors (Lipinski definition) is 5. The average Bonchev–Trinajstić information content (AvgIpc) is 3.18. The first-order chi connectivity index (χ1) is 12.1. The number of amides is 1. The number of ether oxygens (including phenoxy) is 1. The number of rotatable bonds is 4. The number of nitrogens with zero attached hydrogens (tertiary/aromatic N) is 4. The molecule has 2 atom stereocenters. The number of hydrogen-bond donors (Lipinski definition) is 2. The zero-order chi connectivity index (χ0) is 17.4. The van der Waals surface area contributed by atoms with Gasteiger partial charge in [-0.15, -0.1) is 0 Å². The van der Waals surface area contributed by atoms with Crippen molar-refractivity contribution in [3.05, 3.63) is 47.3 Å². The highest BCUT2D eigenvalue weighted by Gasteiger charge is 2.29. The maximum Gasteiger partial charge on any atom is 0.272 e. The zero-order valence-electron chi connectivity index (χ0n) is 14.2. The second-order valence-corrected chi connectivity index (χ2v) is 6.32. The van der Waals surface area contributed by atoms with Gasteiger partial charge in [0, 0.05) is 43.5 Å². The smallest absolute Gasteiger partial charge is 0.272 e. The summed E-state index contributed by atoms with van der Waals surface area (Å²) >= 11 is 0. The summed E-state index contributed by atoms with van der Waals surface area (Å²) in [6.07, 6.45) is 6.87. The molecule has 1 aliphatic heterocycles. The highest BCUT2D eigenvalue weighted by atomic mass is 16.5. The van der Waals surface area contributed by atoms with E-state index in [0.29, 0.717) is 30.9 Å². The van der Waals surface area contributed by atoms with E-state index in [4.69, 9.17) is 4.74 Å². The Morgan fingerprint density at radius 3 is 3.20 bits per heavy atom. The lowest BCUT2D eigenvalue weighted by atomic mass is 9.99. The molecule has 0 saturated heterocycles. The van der Waals surface area contributed by atoms with E-state index in [1.807, 2.05) is 36.7 Å². The number of H-pyrrole nitrogens is 1. The van der Waals surface area contributed by atoms with Crippen molar-refractivity contribution in [2.45, 2.75) is 38.9 Å². The monoisotopic (exact) mass is 340 g/mol. The molecule has 0 spiro atoms. The predicted molar refractivity (Wildman–Crippen MR) is 90.3 cm³/mol. The molecule has 0 radical (unpaired) electrons. The fraction of sp³-hybridized carbons (Fsp3) is 0.412. The summed E-state index contributed by atoms with van der Waals surface area (Å²) in [6.45, 7) is 4.46. The molecular weight excluding hydrogens is 320 g/mol. The first kappa shape index (κ1) is 15.8. The van der Waals surface area contributed by atoms with Crippen LogP contribution in [-0.2, 0) is 17.6 Å². The molecule has 8 heteroatoms. The van der Waals surface area contributed by atoms with Gasteiger partial charge in [-0.2, -0.15) is 5.10 Å². The molecule has 0 aromatic carbocycles. The van der Waals surface area contributed by atoms with Crippen LogP contribution in [-0.4, -0.2) is 43.1 Å². The molecule has 8 nitrogen and oxygen atoms in total. The molecule has 3 aromatic heterocycles. The topological polar surface area (TPSA) is 97.2 Å². The van der Waals surface area contributed by atoms with Crippen LogP contribution in [0.1, 0.15) is 47.4 Å². The minimum atomic E-state index is -0.166. The Balaban J connectivity index is 1.41. The van der Waals surface area contributed by atoms with Crippen molar-refractivity contribution in [3.8, 4) is 0 Å². The Labute approximate surface area is 144 Å². The summed E-state index contributed by atoms with van der Waals surface area (Å²) in [5, 5.41) is 10.1. The maximum atomic E-state index is 12.5. The van der Waals surface area contributed by atoms with Crippen molar-refractivity contribution in [2.75, 3.05) is 6.54 Å². The van der Waals surface area contributed by atoms with Gasteiger partial charge in [0.2, 0.25) is 5.78 Å². The van der Waals surface area contributed by atoms with Crippen LogP contribution in [0.25, 0.3) is 5.78 Å². The molecule has 4 heterocycles. The van der Waals surface area contributed by atoms with Crippen molar-refractivity contribution in [3.63, 3.8) is 0 Å². The van der Waals surface area contributed by atoms with E-state index >= 15 is 0 Å². The van der Waals surface area contributed by atoms with Crippen molar-refractivity contribution >= 4 is 11.7 Å². The van der Waals surface area contributed by atoms with E-state index in [2.05, 4.69) is 25.5 Å². The Morgan fingerprint density at radius 2 is 2.36 bits per heavy atom. The van der Waals surface area contributed by atoms with E-state index in [1.54, 1.807) is 6.20 Å². The number of fused-ring (bicyclic) bond motifs is 2. The average molecular weight is 340 g/mol. The Morgan fingerprint density at radius 1 is 1.48 bits per heavy atom. The lowest BCUT2D eigenvalue weighted by Gasteiger charge is -2.25. The van der Waals surface area contributed by atoms with Crippen LogP contribution in [0.15, 0.2) is 24.7 Å². The third kappa shape index (κ3) is 3.00. The minimum absolute atomic E-state index is 0.0710. The minimum Gasteiger partial charge on any atom is -0.369 e. The van der Waals surface area contributed by atoms with Crippen molar-refractivity contribution in [1.82, 2.24) is 29.9 Å². The van der Waals surface area contributed by atoms with E-state index in [9.17, 15) is 4.79 Å². The Hall–Kier alpha value is -2.74. The van der Waals surface area contributed by atoms with Gasteiger partial charge >= 0.3 is 0 Å². The first-order valence-corrected chi connectivity index (χ1v) is 8.41. The van der Waals surface area contributed by atoms with Crippen molar-refractivity contribution in [2.24, 2.45) is 0 Å². The van der Waals surface area contributed by atoms with E-state index in [0.717, 1.165) is 17.0 Å². The van der Waals surface area contributed by atoms with Crippen LogP contribution in [0, 0.1) is 0 Å². The zero-order valence-corrected chi connectivity index (χ0v) is 14.2. The van der Waals surface area contributed by atoms with Gasteiger partial charge in [-0.05, 0) is 19.9 Å². The van der Waals surface area contributed by atoms with E-state index < -0.39 is 0 Å². The fourth-order valence-corrected chi connectivity index (χ4v) is 3.25. The summed E-state index contributed by atoms with van der Waals surface area (Å²) in [4.78, 5) is 21.1. The number of nitrogens with one attached hydrogen (secondary N) is 2. The molecule has 1 aliphatic rings. The van der Waals surface area contributed by atoms with Gasteiger partial charge in [0.15, 0.2) is 5.69 Å². The highest BCUT2D eigenvalue weighted by Crippen LogP contribution is 2.29. The molecule has 0 saturated carbocycles. The largest absolute Gasteiger partial charge is 0.369 e. The summed E-state index contributed by atoms with van der Waals surface area (Å²) in [6, 6.07) is 1.85. The van der Waals surface area contributed by atoms with Crippen molar-refractivity contribution < 1.29 is 9.53 Å². The summed E-state index contributed by atoms with van der Waals surface area (Å²) < 4.78 is 7.62. The molecule has 4 rings (SSSR count). The molecule has 0 bridgehead atoms. The Kier molecular flexibility index (Phi) is 3.96. The number of carbonyl (C=O) groups excluding carboxylic acids is 1. The third-order valence-corrected chi connectivity index (χ3v) is 4.40. The molecule has 3 aromatic rings. The number of aromatic amines is 1. The molecular formula is C17H20N6O2. The van der Waals surface area contributed by atoms with Crippen LogP contribution in [0.3, 0.4) is 0 Å². The van der Waals surface area contributed by atoms with Gasteiger partial charge < -0.3 is 10.1 Å². The lowest BCUT2D eigenvalue weighted by Crippen LogP contribution is -2.29. The molecule has 0 aliphatic carbocycles. The van der Waals surface area contributed by atoms with E-state index in [-0.39, 0.29) is 18.1 Å². The number of imidazole rings is 1. The number of aromatic nitrogens is 5. The van der Waals surface area contributed by atoms with Gasteiger partial charge in [0.25, 0.3) is 5.91 Å². The van der Waals surface area contributed by atoms with Gasteiger partial charge in [-0.25, -0.2) is 9.97 Å². The first-order valence-electron chi connectivity index (χ1n) is 8.41. The summed E-state index contributed by atoms with van der Waals surface area (Å²) in [7, 11) is 0. The van der Waals surface area contributed by atoms with Crippen LogP contribution >= 0.6 is 0 Å². The van der Waals surface area contributed by atoms with Crippen LogP contribution in [0.4, 0.5) is 0 Å². The molecule has 2 N–H and O–H groups in total. The second kappa shape index (κ2) is 6.29. The lowest BCUT2D eigenvalue weighted by molar-refractivity contribution is -0.00697. The SMILES string of the molecule is C[C@@H]1Cc2c(C(=O)NCCc3cn4cccnc4n3)n[nH]c2[C@H](C)O1. The fourth-order valence-electron chi connectivity index (χ4n) is 3.25. The molecule has 0 fully saturated rings. The summed E-state index contributed by atoms with van der Waals surface area (Å²) in [5.41, 5.74) is 3.21. The molecule has 25 heavy (non-hydrogen) atoms. The van der Waals surface area contributed by atoms with E-state index in [1.165, 1.54) is 0 Å². The normalized spacial score (nSPS) is 19.8. The van der Waals surface area contributed by atoms with Crippen molar-refractivity contribution in [1.29, 1.82) is 0 Å².